The maximum Gasteiger partial charge on any atom is 0.495 e. The van der Waals surface area contributed by atoms with Gasteiger partial charge in [-0.15, -0.1) is 0 Å². The molecule has 8 heteroatoms. The summed E-state index contributed by atoms with van der Waals surface area (Å²) in [5.74, 6) is -0.601. The maximum absolute atomic E-state index is 14.9. The third kappa shape index (κ3) is 3.09. The van der Waals surface area contributed by atoms with Gasteiger partial charge in [0.15, 0.2) is 0 Å². The van der Waals surface area contributed by atoms with Gasteiger partial charge in [-0.2, -0.15) is 0 Å². The van der Waals surface area contributed by atoms with Crippen molar-refractivity contribution in [2.24, 2.45) is 0 Å². The van der Waals surface area contributed by atoms with Gasteiger partial charge in [0.2, 0.25) is 0 Å². The van der Waals surface area contributed by atoms with Crippen molar-refractivity contribution in [2.45, 2.75) is 57.8 Å². The summed E-state index contributed by atoms with van der Waals surface area (Å²) in [5, 5.41) is 0.00394. The summed E-state index contributed by atoms with van der Waals surface area (Å²) in [6.45, 7) is 8.95. The van der Waals surface area contributed by atoms with Crippen molar-refractivity contribution in [1.29, 1.82) is 0 Å². The molecule has 2 aromatic rings. The second kappa shape index (κ2) is 6.39. The lowest BCUT2D eigenvalue weighted by Crippen LogP contribution is -2.41. The molecule has 0 aliphatic carbocycles. The molecule has 0 atom stereocenters. The van der Waals surface area contributed by atoms with Gasteiger partial charge in [0.1, 0.15) is 11.2 Å². The van der Waals surface area contributed by atoms with E-state index in [9.17, 15) is 9.18 Å². The van der Waals surface area contributed by atoms with E-state index in [-0.39, 0.29) is 17.0 Å². The van der Waals surface area contributed by atoms with Crippen molar-refractivity contribution in [3.8, 4) is 0 Å². The summed E-state index contributed by atoms with van der Waals surface area (Å²) >= 11 is 0. The Labute approximate surface area is 157 Å². The van der Waals surface area contributed by atoms with Gasteiger partial charge >= 0.3 is 7.12 Å². The third-order valence-corrected chi connectivity index (χ3v) is 5.97. The Kier molecular flexibility index (Phi) is 4.40. The normalized spacial score (nSPS) is 22.5. The van der Waals surface area contributed by atoms with Crippen LogP contribution in [-0.4, -0.2) is 41.1 Å². The van der Waals surface area contributed by atoms with Gasteiger partial charge in [-0.3, -0.25) is 9.36 Å². The summed E-state index contributed by atoms with van der Waals surface area (Å²) in [4.78, 5) is 17.2. The lowest BCUT2D eigenvalue weighted by Gasteiger charge is -2.32. The van der Waals surface area contributed by atoms with Crippen molar-refractivity contribution in [3.63, 3.8) is 0 Å². The van der Waals surface area contributed by atoms with Crippen LogP contribution in [0.15, 0.2) is 23.3 Å². The standard InChI is InChI=1S/C19H24BFN2O4/c1-18(2)19(3,4)27-20(26-18)12-9-14(21)16-15(10-12)22-11-23(17(16)24)13-5-7-25-8-6-13/h9-11,13H,5-8H2,1-4H3. The highest BCUT2D eigenvalue weighted by Gasteiger charge is 2.51. The first kappa shape index (κ1) is 18.6. The van der Waals surface area contributed by atoms with Crippen molar-refractivity contribution in [2.75, 3.05) is 13.2 Å². The van der Waals surface area contributed by atoms with Crippen LogP contribution in [-0.2, 0) is 14.0 Å². The first-order valence-electron chi connectivity index (χ1n) is 9.33. The van der Waals surface area contributed by atoms with Crippen molar-refractivity contribution in [1.82, 2.24) is 9.55 Å². The van der Waals surface area contributed by atoms with Crippen LogP contribution < -0.4 is 11.0 Å². The Hall–Kier alpha value is -1.77. The van der Waals surface area contributed by atoms with Crippen LogP contribution in [0.25, 0.3) is 10.9 Å². The Morgan fingerprint density at radius 3 is 2.41 bits per heavy atom. The predicted molar refractivity (Wildman–Crippen MR) is 101 cm³/mol. The largest absolute Gasteiger partial charge is 0.495 e. The second-order valence-electron chi connectivity index (χ2n) is 8.29. The van der Waals surface area contributed by atoms with Crippen molar-refractivity contribution < 1.29 is 18.4 Å². The molecule has 1 aromatic heterocycles. The monoisotopic (exact) mass is 374 g/mol. The molecule has 3 heterocycles. The summed E-state index contributed by atoms with van der Waals surface area (Å²) in [5.41, 5.74) is -0.571. The molecular weight excluding hydrogens is 350 g/mol. The fourth-order valence-electron chi connectivity index (χ4n) is 3.57. The molecule has 27 heavy (non-hydrogen) atoms. The molecule has 1 aromatic carbocycles. The molecule has 144 valence electrons. The average Bonchev–Trinajstić information content (AvgIpc) is 2.83. The average molecular weight is 374 g/mol. The minimum atomic E-state index is -0.700. The van der Waals surface area contributed by atoms with Gasteiger partial charge in [-0.05, 0) is 58.1 Å². The van der Waals surface area contributed by atoms with Crippen LogP contribution in [0.5, 0.6) is 0 Å². The van der Waals surface area contributed by atoms with Crippen LogP contribution in [0.2, 0.25) is 0 Å². The molecule has 4 rings (SSSR count). The van der Waals surface area contributed by atoms with Gasteiger partial charge in [0.05, 0.1) is 23.0 Å². The number of hydrogen-bond acceptors (Lipinski definition) is 5. The van der Waals surface area contributed by atoms with E-state index >= 15 is 0 Å². The Morgan fingerprint density at radius 2 is 1.78 bits per heavy atom. The summed E-state index contributed by atoms with van der Waals surface area (Å²) in [6.07, 6.45) is 2.95. The lowest BCUT2D eigenvalue weighted by atomic mass is 9.78. The van der Waals surface area contributed by atoms with Crippen LogP contribution in [0.3, 0.4) is 0 Å². The van der Waals surface area contributed by atoms with Crippen LogP contribution in [0, 0.1) is 5.82 Å². The lowest BCUT2D eigenvalue weighted by molar-refractivity contribution is 0.00578. The molecule has 2 aliphatic rings. The first-order chi connectivity index (χ1) is 12.7. The van der Waals surface area contributed by atoms with E-state index in [4.69, 9.17) is 14.0 Å². The fraction of sp³-hybridized carbons (Fsp3) is 0.579. The molecule has 2 fully saturated rings. The Morgan fingerprint density at radius 1 is 1.15 bits per heavy atom. The zero-order chi connectivity index (χ0) is 19.4. The summed E-state index contributed by atoms with van der Waals surface area (Å²) < 4.78 is 33.8. The van der Waals surface area contributed by atoms with Gasteiger partial charge < -0.3 is 14.0 Å². The van der Waals surface area contributed by atoms with E-state index in [0.29, 0.717) is 24.2 Å². The molecule has 0 spiro atoms. The first-order valence-corrected chi connectivity index (χ1v) is 9.33. The number of ether oxygens (including phenoxy) is 1. The summed E-state index contributed by atoms with van der Waals surface area (Å²) in [6, 6.07) is 2.99. The predicted octanol–water partition coefficient (Wildman–Crippen LogP) is 2.19. The highest BCUT2D eigenvalue weighted by molar-refractivity contribution is 6.62. The van der Waals surface area contributed by atoms with Gasteiger partial charge in [-0.25, -0.2) is 9.37 Å². The highest BCUT2D eigenvalue weighted by atomic mass is 19.1. The molecule has 0 amide bonds. The van der Waals surface area contributed by atoms with Crippen LogP contribution in [0.4, 0.5) is 4.39 Å². The van der Waals surface area contributed by atoms with Crippen molar-refractivity contribution >= 4 is 23.5 Å². The molecule has 2 saturated heterocycles. The number of hydrogen-bond donors (Lipinski definition) is 0. The van der Waals surface area contributed by atoms with Crippen molar-refractivity contribution in [3.05, 3.63) is 34.6 Å². The Balaban J connectivity index is 1.74. The van der Waals surface area contributed by atoms with E-state index in [1.807, 2.05) is 27.7 Å². The molecule has 0 N–H and O–H groups in total. The molecule has 0 radical (unpaired) electrons. The van der Waals surface area contributed by atoms with Gasteiger partial charge in [-0.1, -0.05) is 0 Å². The zero-order valence-electron chi connectivity index (χ0n) is 16.1. The quantitative estimate of drug-likeness (QED) is 0.755. The van der Waals surface area contributed by atoms with E-state index in [2.05, 4.69) is 4.98 Å². The number of halogens is 1. The molecule has 2 aliphatic heterocycles. The SMILES string of the molecule is CC1(C)OB(c2cc(F)c3c(=O)n(C4CCOCC4)cnc3c2)OC1(C)C. The highest BCUT2D eigenvalue weighted by Crippen LogP contribution is 2.36. The maximum atomic E-state index is 14.9. The van der Waals surface area contributed by atoms with Crippen LogP contribution >= 0.6 is 0 Å². The second-order valence-corrected chi connectivity index (χ2v) is 8.29. The molecule has 0 saturated carbocycles. The van der Waals surface area contributed by atoms with E-state index in [1.165, 1.54) is 17.0 Å². The molecular formula is C19H24BFN2O4. The number of rotatable bonds is 2. The van der Waals surface area contributed by atoms with Crippen LogP contribution in [0.1, 0.15) is 46.6 Å². The van der Waals surface area contributed by atoms with Gasteiger partial charge in [0.25, 0.3) is 5.56 Å². The fourth-order valence-corrected chi connectivity index (χ4v) is 3.57. The number of aromatic nitrogens is 2. The Bertz CT molecular complexity index is 921. The zero-order valence-corrected chi connectivity index (χ0v) is 16.1. The van der Waals surface area contributed by atoms with Gasteiger partial charge in [0, 0.05) is 19.3 Å². The molecule has 6 nitrogen and oxygen atoms in total. The minimum Gasteiger partial charge on any atom is -0.399 e. The van der Waals surface area contributed by atoms with E-state index < -0.39 is 24.1 Å². The molecule has 0 unspecified atom stereocenters. The topological polar surface area (TPSA) is 62.6 Å². The number of nitrogens with zero attached hydrogens (tertiary/aromatic N) is 2. The minimum absolute atomic E-state index is 0.00394. The summed E-state index contributed by atoms with van der Waals surface area (Å²) in [7, 11) is -0.700. The van der Waals surface area contributed by atoms with E-state index in [0.717, 1.165) is 12.8 Å². The number of fused-ring (bicyclic) bond motifs is 1. The smallest absolute Gasteiger partial charge is 0.399 e. The third-order valence-electron chi connectivity index (χ3n) is 5.97. The molecule has 0 bridgehead atoms. The van der Waals surface area contributed by atoms with E-state index in [1.54, 1.807) is 6.07 Å². The number of benzene rings is 1.